The van der Waals surface area contributed by atoms with Crippen molar-refractivity contribution in [3.8, 4) is 5.88 Å². The number of pyridine rings is 1. The maximum atomic E-state index is 10.7. The van der Waals surface area contributed by atoms with E-state index < -0.39 is 5.97 Å². The molecule has 0 radical (unpaired) electrons. The number of rotatable bonds is 5. The number of nitrogens with zero attached hydrogens (tertiary/aromatic N) is 1. The predicted molar refractivity (Wildman–Crippen MR) is 56.6 cm³/mol. The van der Waals surface area contributed by atoms with E-state index in [2.05, 4.69) is 4.98 Å². The zero-order chi connectivity index (χ0) is 11.3. The highest BCUT2D eigenvalue weighted by Gasteiger charge is 2.10. The van der Waals surface area contributed by atoms with E-state index in [1.165, 1.54) is 12.3 Å². The van der Waals surface area contributed by atoms with Gasteiger partial charge in [-0.25, -0.2) is 9.78 Å². The number of aromatic carboxylic acids is 1. The molecular formula is C10H12ClNO3. The SMILES string of the molecule is CCCCOc1cc(C(=O)O)c(Cl)cn1. The Kier molecular flexibility index (Phi) is 4.37. The van der Waals surface area contributed by atoms with Crippen molar-refractivity contribution in [3.63, 3.8) is 0 Å². The zero-order valence-corrected chi connectivity index (χ0v) is 9.12. The van der Waals surface area contributed by atoms with Gasteiger partial charge in [-0.3, -0.25) is 0 Å². The first kappa shape index (κ1) is 11.8. The van der Waals surface area contributed by atoms with Crippen LogP contribution in [0, 0.1) is 0 Å². The molecule has 1 rings (SSSR count). The minimum absolute atomic E-state index is 0.0122. The van der Waals surface area contributed by atoms with E-state index in [9.17, 15) is 4.79 Å². The van der Waals surface area contributed by atoms with Gasteiger partial charge in [0.2, 0.25) is 5.88 Å². The molecule has 1 N–H and O–H groups in total. The Hall–Kier alpha value is -1.29. The van der Waals surface area contributed by atoms with Crippen LogP contribution in [-0.4, -0.2) is 22.7 Å². The van der Waals surface area contributed by atoms with Crippen LogP contribution in [-0.2, 0) is 0 Å². The van der Waals surface area contributed by atoms with Crippen molar-refractivity contribution in [1.29, 1.82) is 0 Å². The highest BCUT2D eigenvalue weighted by atomic mass is 35.5. The van der Waals surface area contributed by atoms with Crippen LogP contribution in [0.5, 0.6) is 5.88 Å². The van der Waals surface area contributed by atoms with Gasteiger partial charge in [0.25, 0.3) is 0 Å². The van der Waals surface area contributed by atoms with Crippen molar-refractivity contribution < 1.29 is 14.6 Å². The van der Waals surface area contributed by atoms with Crippen molar-refractivity contribution >= 4 is 17.6 Å². The Morgan fingerprint density at radius 2 is 2.40 bits per heavy atom. The Balaban J connectivity index is 2.74. The molecule has 15 heavy (non-hydrogen) atoms. The molecule has 0 atom stereocenters. The number of carboxylic acids is 1. The second-order valence-corrected chi connectivity index (χ2v) is 3.42. The third-order valence-corrected chi connectivity index (χ3v) is 2.11. The standard InChI is InChI=1S/C10H12ClNO3/c1-2-3-4-15-9-5-7(10(13)14)8(11)6-12-9/h5-6H,2-4H2,1H3,(H,13,14). The summed E-state index contributed by atoms with van der Waals surface area (Å²) in [5.74, 6) is -0.784. The van der Waals surface area contributed by atoms with E-state index in [4.69, 9.17) is 21.4 Å². The van der Waals surface area contributed by atoms with Crippen molar-refractivity contribution in [1.82, 2.24) is 4.98 Å². The van der Waals surface area contributed by atoms with Crippen molar-refractivity contribution in [3.05, 3.63) is 22.8 Å². The average Bonchev–Trinajstić information content (AvgIpc) is 2.20. The normalized spacial score (nSPS) is 10.0. The Bertz CT molecular complexity index is 355. The molecule has 0 saturated heterocycles. The van der Waals surface area contributed by atoms with Gasteiger partial charge in [-0.15, -0.1) is 0 Å². The summed E-state index contributed by atoms with van der Waals surface area (Å²) in [6, 6.07) is 1.33. The molecule has 82 valence electrons. The summed E-state index contributed by atoms with van der Waals surface area (Å²) in [6.07, 6.45) is 3.21. The fourth-order valence-electron chi connectivity index (χ4n) is 0.983. The van der Waals surface area contributed by atoms with Crippen molar-refractivity contribution in [2.75, 3.05) is 6.61 Å². The molecule has 0 bridgehead atoms. The van der Waals surface area contributed by atoms with Crippen LogP contribution in [0.25, 0.3) is 0 Å². The summed E-state index contributed by atoms with van der Waals surface area (Å²) in [7, 11) is 0. The molecule has 4 nitrogen and oxygen atoms in total. The molecule has 0 aromatic carbocycles. The van der Waals surface area contributed by atoms with Crippen LogP contribution < -0.4 is 4.74 Å². The monoisotopic (exact) mass is 229 g/mol. The van der Waals surface area contributed by atoms with Gasteiger partial charge in [-0.1, -0.05) is 24.9 Å². The third-order valence-electron chi connectivity index (χ3n) is 1.81. The van der Waals surface area contributed by atoms with E-state index in [-0.39, 0.29) is 10.6 Å². The van der Waals surface area contributed by atoms with Gasteiger partial charge in [-0.05, 0) is 6.42 Å². The minimum atomic E-state index is -1.08. The maximum absolute atomic E-state index is 10.7. The van der Waals surface area contributed by atoms with E-state index in [1.807, 2.05) is 6.92 Å². The highest BCUT2D eigenvalue weighted by molar-refractivity contribution is 6.33. The average molecular weight is 230 g/mol. The number of aromatic nitrogens is 1. The molecule has 0 unspecified atom stereocenters. The van der Waals surface area contributed by atoms with E-state index >= 15 is 0 Å². The summed E-state index contributed by atoms with van der Waals surface area (Å²) in [5.41, 5.74) is 0.0122. The molecule has 1 aromatic rings. The highest BCUT2D eigenvalue weighted by Crippen LogP contribution is 2.19. The number of hydrogen-bond donors (Lipinski definition) is 1. The molecule has 0 aliphatic heterocycles. The molecule has 0 amide bonds. The fraction of sp³-hybridized carbons (Fsp3) is 0.400. The summed E-state index contributed by atoms with van der Waals surface area (Å²) >= 11 is 5.65. The van der Waals surface area contributed by atoms with Crippen LogP contribution in [0.15, 0.2) is 12.3 Å². The second-order valence-electron chi connectivity index (χ2n) is 3.01. The lowest BCUT2D eigenvalue weighted by Crippen LogP contribution is -2.02. The molecule has 0 aliphatic rings. The number of unbranched alkanes of at least 4 members (excludes halogenated alkanes) is 1. The Morgan fingerprint density at radius 1 is 1.67 bits per heavy atom. The van der Waals surface area contributed by atoms with Gasteiger partial charge >= 0.3 is 5.97 Å². The summed E-state index contributed by atoms with van der Waals surface area (Å²) in [4.78, 5) is 14.6. The molecule has 1 heterocycles. The Labute approximate surface area is 92.8 Å². The summed E-state index contributed by atoms with van der Waals surface area (Å²) in [6.45, 7) is 2.57. The fourth-order valence-corrected chi connectivity index (χ4v) is 1.17. The first-order valence-corrected chi connectivity index (χ1v) is 5.04. The number of carbonyl (C=O) groups is 1. The van der Waals surface area contributed by atoms with Crippen molar-refractivity contribution in [2.24, 2.45) is 0 Å². The number of halogens is 1. The second kappa shape index (κ2) is 5.56. The van der Waals surface area contributed by atoms with Crippen LogP contribution in [0.3, 0.4) is 0 Å². The molecular weight excluding hydrogens is 218 g/mol. The maximum Gasteiger partial charge on any atom is 0.337 e. The molecule has 5 heteroatoms. The zero-order valence-electron chi connectivity index (χ0n) is 8.36. The first-order valence-electron chi connectivity index (χ1n) is 4.66. The summed E-state index contributed by atoms with van der Waals surface area (Å²) < 4.78 is 5.26. The third kappa shape index (κ3) is 3.40. The predicted octanol–water partition coefficient (Wildman–Crippen LogP) is 2.61. The minimum Gasteiger partial charge on any atom is -0.478 e. The first-order chi connectivity index (χ1) is 7.15. The summed E-state index contributed by atoms with van der Waals surface area (Å²) in [5, 5.41) is 8.91. The topological polar surface area (TPSA) is 59.4 Å². The quantitative estimate of drug-likeness (QED) is 0.789. The lowest BCUT2D eigenvalue weighted by Gasteiger charge is -2.05. The molecule has 0 aliphatic carbocycles. The molecule has 0 spiro atoms. The molecule has 1 aromatic heterocycles. The van der Waals surface area contributed by atoms with Gasteiger partial charge in [-0.2, -0.15) is 0 Å². The largest absolute Gasteiger partial charge is 0.478 e. The van der Waals surface area contributed by atoms with Gasteiger partial charge in [0.05, 0.1) is 23.4 Å². The lowest BCUT2D eigenvalue weighted by atomic mass is 10.3. The lowest BCUT2D eigenvalue weighted by molar-refractivity contribution is 0.0696. The van der Waals surface area contributed by atoms with Crippen molar-refractivity contribution in [2.45, 2.75) is 19.8 Å². The molecule has 0 saturated carbocycles. The van der Waals surface area contributed by atoms with Crippen LogP contribution in [0.1, 0.15) is 30.1 Å². The van der Waals surface area contributed by atoms with E-state index in [0.717, 1.165) is 12.8 Å². The molecule has 0 fully saturated rings. The van der Waals surface area contributed by atoms with Crippen LogP contribution in [0.2, 0.25) is 5.02 Å². The van der Waals surface area contributed by atoms with Gasteiger partial charge < -0.3 is 9.84 Å². The van der Waals surface area contributed by atoms with Gasteiger partial charge in [0.15, 0.2) is 0 Å². The van der Waals surface area contributed by atoms with Crippen LogP contribution in [0.4, 0.5) is 0 Å². The Morgan fingerprint density at radius 3 is 3.00 bits per heavy atom. The van der Waals surface area contributed by atoms with Gasteiger partial charge in [0, 0.05) is 6.07 Å². The number of carboxylic acid groups (broad SMARTS) is 1. The van der Waals surface area contributed by atoms with Crippen LogP contribution >= 0.6 is 11.6 Å². The number of hydrogen-bond acceptors (Lipinski definition) is 3. The van der Waals surface area contributed by atoms with E-state index in [1.54, 1.807) is 0 Å². The van der Waals surface area contributed by atoms with E-state index in [0.29, 0.717) is 12.5 Å². The van der Waals surface area contributed by atoms with Gasteiger partial charge in [0.1, 0.15) is 0 Å². The smallest absolute Gasteiger partial charge is 0.337 e. The number of ether oxygens (including phenoxy) is 1.